The van der Waals surface area contributed by atoms with Crippen molar-refractivity contribution in [3.63, 3.8) is 0 Å². The number of hydrogen-bond acceptors (Lipinski definition) is 4. The molecule has 2 aliphatic rings. The van der Waals surface area contributed by atoms with Gasteiger partial charge in [-0.05, 0) is 57.0 Å². The first-order valence-corrected chi connectivity index (χ1v) is 10.6. The molecule has 0 saturated carbocycles. The summed E-state index contributed by atoms with van der Waals surface area (Å²) in [5.74, 6) is 2.55. The fraction of sp³-hybridized carbons (Fsp3) is 0.682. The summed E-state index contributed by atoms with van der Waals surface area (Å²) in [6, 6.07) is 8.76. The minimum atomic E-state index is 0.295. The van der Waals surface area contributed by atoms with Gasteiger partial charge in [0.05, 0.1) is 26.3 Å². The van der Waals surface area contributed by atoms with Crippen molar-refractivity contribution in [2.24, 2.45) is 10.9 Å². The maximum atomic E-state index is 5.46. The molecule has 28 heavy (non-hydrogen) atoms. The van der Waals surface area contributed by atoms with Gasteiger partial charge in [0.15, 0.2) is 5.96 Å². The maximum absolute atomic E-state index is 5.46. The zero-order valence-electron chi connectivity index (χ0n) is 17.7. The lowest BCUT2D eigenvalue weighted by molar-refractivity contribution is 0.157. The van der Waals surface area contributed by atoms with Crippen molar-refractivity contribution >= 4 is 5.96 Å². The minimum absolute atomic E-state index is 0.295. The van der Waals surface area contributed by atoms with Gasteiger partial charge < -0.3 is 19.7 Å². The van der Waals surface area contributed by atoms with Crippen LogP contribution in [0.15, 0.2) is 29.3 Å². The van der Waals surface area contributed by atoms with Gasteiger partial charge >= 0.3 is 0 Å². The summed E-state index contributed by atoms with van der Waals surface area (Å²) >= 11 is 0. The number of nitrogens with zero attached hydrogens (tertiary/aromatic N) is 3. The maximum Gasteiger partial charge on any atom is 0.193 e. The van der Waals surface area contributed by atoms with E-state index in [2.05, 4.69) is 40.2 Å². The molecule has 2 unspecified atom stereocenters. The zero-order valence-corrected chi connectivity index (χ0v) is 17.7. The summed E-state index contributed by atoms with van der Waals surface area (Å²) in [6.45, 7) is 8.98. The van der Waals surface area contributed by atoms with Crippen molar-refractivity contribution < 1.29 is 9.47 Å². The second-order valence-electron chi connectivity index (χ2n) is 7.79. The van der Waals surface area contributed by atoms with E-state index in [-0.39, 0.29) is 0 Å². The number of nitrogens with one attached hydrogen (secondary N) is 1. The monoisotopic (exact) mass is 388 g/mol. The zero-order chi connectivity index (χ0) is 19.8. The molecular formula is C22H36N4O2. The molecule has 0 aromatic heterocycles. The Morgan fingerprint density at radius 1 is 1.25 bits per heavy atom. The van der Waals surface area contributed by atoms with Crippen LogP contribution in [-0.4, -0.2) is 75.9 Å². The van der Waals surface area contributed by atoms with Crippen LogP contribution in [0, 0.1) is 5.92 Å². The average Bonchev–Trinajstić information content (AvgIpc) is 3.40. The fourth-order valence-electron chi connectivity index (χ4n) is 4.33. The molecule has 0 radical (unpaired) electrons. The Labute approximate surface area is 169 Å². The Morgan fingerprint density at radius 2 is 2.07 bits per heavy atom. The molecule has 156 valence electrons. The van der Waals surface area contributed by atoms with Crippen LogP contribution < -0.4 is 10.1 Å². The van der Waals surface area contributed by atoms with Gasteiger partial charge in [-0.15, -0.1) is 0 Å². The lowest BCUT2D eigenvalue weighted by Crippen LogP contribution is -2.41. The van der Waals surface area contributed by atoms with E-state index in [1.54, 1.807) is 14.2 Å². The molecule has 2 heterocycles. The van der Waals surface area contributed by atoms with Crippen LogP contribution in [0.1, 0.15) is 37.8 Å². The number of aliphatic imine (C=N–C) groups is 1. The molecule has 2 atom stereocenters. The first kappa shape index (κ1) is 20.9. The van der Waals surface area contributed by atoms with Gasteiger partial charge in [-0.1, -0.05) is 12.1 Å². The third-order valence-corrected chi connectivity index (χ3v) is 5.80. The predicted octanol–water partition coefficient (Wildman–Crippen LogP) is 2.77. The molecule has 0 spiro atoms. The SMILES string of the molecule is CCNC(=NCC(c1cccc(OC)c1)N1CCCC1)N1CCC(COC)C1. The molecule has 0 aliphatic carbocycles. The molecule has 0 amide bonds. The van der Waals surface area contributed by atoms with Gasteiger partial charge in [0, 0.05) is 32.7 Å². The fourth-order valence-corrected chi connectivity index (χ4v) is 4.33. The Bertz CT molecular complexity index is 631. The highest BCUT2D eigenvalue weighted by Crippen LogP contribution is 2.28. The van der Waals surface area contributed by atoms with Gasteiger partial charge in [-0.3, -0.25) is 9.89 Å². The van der Waals surface area contributed by atoms with Gasteiger partial charge in [-0.25, -0.2) is 0 Å². The number of methoxy groups -OCH3 is 2. The Kier molecular flexibility index (Phi) is 7.98. The summed E-state index contributed by atoms with van der Waals surface area (Å²) in [7, 11) is 3.52. The number of benzene rings is 1. The average molecular weight is 389 g/mol. The topological polar surface area (TPSA) is 49.3 Å². The van der Waals surface area contributed by atoms with E-state index in [1.165, 1.54) is 24.8 Å². The Hall–Kier alpha value is -1.79. The Morgan fingerprint density at radius 3 is 2.79 bits per heavy atom. The molecule has 6 heteroatoms. The second kappa shape index (κ2) is 10.7. The second-order valence-corrected chi connectivity index (χ2v) is 7.79. The van der Waals surface area contributed by atoms with E-state index >= 15 is 0 Å². The lowest BCUT2D eigenvalue weighted by atomic mass is 10.1. The number of rotatable bonds is 8. The van der Waals surface area contributed by atoms with Gasteiger partial charge in [-0.2, -0.15) is 0 Å². The smallest absolute Gasteiger partial charge is 0.193 e. The summed E-state index contributed by atoms with van der Waals surface area (Å²) in [5, 5.41) is 3.50. The summed E-state index contributed by atoms with van der Waals surface area (Å²) in [5.41, 5.74) is 1.29. The number of hydrogen-bond donors (Lipinski definition) is 1. The molecule has 6 nitrogen and oxygen atoms in total. The number of likely N-dealkylation sites (tertiary alicyclic amines) is 2. The van der Waals surface area contributed by atoms with E-state index in [4.69, 9.17) is 14.5 Å². The van der Waals surface area contributed by atoms with E-state index in [0.717, 1.165) is 57.6 Å². The molecule has 2 aliphatic heterocycles. The summed E-state index contributed by atoms with van der Waals surface area (Å²) < 4.78 is 10.8. The summed E-state index contributed by atoms with van der Waals surface area (Å²) in [6.07, 6.45) is 3.72. The molecule has 1 aromatic carbocycles. The number of ether oxygens (including phenoxy) is 2. The van der Waals surface area contributed by atoms with Gasteiger partial charge in [0.2, 0.25) is 0 Å². The molecule has 1 aromatic rings. The van der Waals surface area contributed by atoms with Crippen molar-refractivity contribution in [1.29, 1.82) is 0 Å². The van der Waals surface area contributed by atoms with Crippen molar-refractivity contribution in [1.82, 2.24) is 15.1 Å². The molecule has 2 saturated heterocycles. The highest BCUT2D eigenvalue weighted by Gasteiger charge is 2.27. The minimum Gasteiger partial charge on any atom is -0.497 e. The van der Waals surface area contributed by atoms with Crippen LogP contribution in [0.2, 0.25) is 0 Å². The van der Waals surface area contributed by atoms with Crippen LogP contribution in [-0.2, 0) is 4.74 Å². The first-order chi connectivity index (χ1) is 13.7. The predicted molar refractivity (Wildman–Crippen MR) is 114 cm³/mol. The molecule has 1 N–H and O–H groups in total. The third-order valence-electron chi connectivity index (χ3n) is 5.80. The molecular weight excluding hydrogens is 352 g/mol. The Balaban J connectivity index is 1.75. The number of guanidine groups is 1. The van der Waals surface area contributed by atoms with E-state index < -0.39 is 0 Å². The van der Waals surface area contributed by atoms with Crippen LogP contribution in [0.3, 0.4) is 0 Å². The first-order valence-electron chi connectivity index (χ1n) is 10.6. The third kappa shape index (κ3) is 5.39. The van der Waals surface area contributed by atoms with Crippen LogP contribution in [0.5, 0.6) is 5.75 Å². The van der Waals surface area contributed by atoms with Crippen LogP contribution in [0.25, 0.3) is 0 Å². The summed E-state index contributed by atoms with van der Waals surface area (Å²) in [4.78, 5) is 10.0. The van der Waals surface area contributed by atoms with Gasteiger partial charge in [0.25, 0.3) is 0 Å². The quantitative estimate of drug-likeness (QED) is 0.548. The normalized spacial score (nSPS) is 21.9. The van der Waals surface area contributed by atoms with Crippen molar-refractivity contribution in [2.75, 3.05) is 60.1 Å². The molecule has 3 rings (SSSR count). The van der Waals surface area contributed by atoms with E-state index in [9.17, 15) is 0 Å². The van der Waals surface area contributed by atoms with Crippen molar-refractivity contribution in [2.45, 2.75) is 32.2 Å². The van der Waals surface area contributed by atoms with Gasteiger partial charge in [0.1, 0.15) is 5.75 Å². The highest BCUT2D eigenvalue weighted by molar-refractivity contribution is 5.80. The van der Waals surface area contributed by atoms with Crippen LogP contribution >= 0.6 is 0 Å². The van der Waals surface area contributed by atoms with Crippen LogP contribution in [0.4, 0.5) is 0 Å². The largest absolute Gasteiger partial charge is 0.497 e. The molecule has 0 bridgehead atoms. The van der Waals surface area contributed by atoms with Crippen molar-refractivity contribution in [3.8, 4) is 5.75 Å². The standard InChI is InChI=1S/C22H36N4O2/c1-4-23-22(26-13-10-18(16-26)17-27-2)24-15-21(25-11-5-6-12-25)19-8-7-9-20(14-19)28-3/h7-9,14,18,21H,4-6,10-13,15-17H2,1-3H3,(H,23,24). The van der Waals surface area contributed by atoms with Crippen molar-refractivity contribution in [3.05, 3.63) is 29.8 Å². The van der Waals surface area contributed by atoms with E-state index in [0.29, 0.717) is 12.0 Å². The molecule has 2 fully saturated rings. The highest BCUT2D eigenvalue weighted by atomic mass is 16.5. The lowest BCUT2D eigenvalue weighted by Gasteiger charge is -2.28. The van der Waals surface area contributed by atoms with E-state index in [1.807, 2.05) is 6.07 Å².